The molecule has 29 heavy (non-hydrogen) atoms. The number of aromatic nitrogens is 3. The Labute approximate surface area is 173 Å². The number of nitrogens with zero attached hydrogens (tertiary/aromatic N) is 5. The largest absolute Gasteiger partial charge is 0.352 e. The Balaban J connectivity index is 2.22. The molecule has 0 unspecified atom stereocenters. The van der Waals surface area contributed by atoms with Gasteiger partial charge in [-0.1, -0.05) is 35.8 Å². The highest BCUT2D eigenvalue weighted by Gasteiger charge is 2.21. The average molecular weight is 442 g/mol. The van der Waals surface area contributed by atoms with Crippen molar-refractivity contribution in [1.29, 1.82) is 0 Å². The number of rotatable bonds is 7. The van der Waals surface area contributed by atoms with Crippen LogP contribution in [0.25, 0.3) is 0 Å². The quantitative estimate of drug-likeness (QED) is 0.492. The predicted molar refractivity (Wildman–Crippen MR) is 109 cm³/mol. The molecule has 0 spiro atoms. The Kier molecular flexibility index (Phi) is 7.29. The molecule has 0 radical (unpaired) electrons. The van der Waals surface area contributed by atoms with Crippen LogP contribution in [-0.2, 0) is 10.0 Å². The second-order valence-electron chi connectivity index (χ2n) is 5.90. The molecule has 0 saturated carbocycles. The maximum Gasteiger partial charge on any atom is 0.352 e. The van der Waals surface area contributed by atoms with E-state index in [1.165, 1.54) is 18.2 Å². The number of halogens is 1. The van der Waals surface area contributed by atoms with Gasteiger partial charge in [0.05, 0.1) is 10.7 Å². The van der Waals surface area contributed by atoms with Gasteiger partial charge in [0.2, 0.25) is 11.9 Å². The van der Waals surface area contributed by atoms with E-state index in [0.717, 1.165) is 0 Å². The minimum Gasteiger partial charge on any atom is -0.347 e. The van der Waals surface area contributed by atoms with Crippen molar-refractivity contribution in [1.82, 2.24) is 19.7 Å². The summed E-state index contributed by atoms with van der Waals surface area (Å²) >= 11 is 5.88. The summed E-state index contributed by atoms with van der Waals surface area (Å²) in [6.07, 6.45) is 0.666. The lowest BCUT2D eigenvalue weighted by Crippen LogP contribution is -2.35. The van der Waals surface area contributed by atoms with E-state index in [9.17, 15) is 13.2 Å². The summed E-state index contributed by atoms with van der Waals surface area (Å²) in [5, 5.41) is 6.06. The fourth-order valence-corrected chi connectivity index (χ4v) is 3.22. The van der Waals surface area contributed by atoms with Crippen LogP contribution in [0, 0.1) is 0 Å². The van der Waals surface area contributed by atoms with Crippen molar-refractivity contribution in [2.45, 2.75) is 25.2 Å². The molecule has 2 N–H and O–H groups in total. The molecule has 1 heterocycles. The molecule has 13 heteroatoms. The Morgan fingerprint density at radius 2 is 1.93 bits per heavy atom. The van der Waals surface area contributed by atoms with Gasteiger partial charge in [-0.3, -0.25) is 5.32 Å². The van der Waals surface area contributed by atoms with Crippen LogP contribution in [0.5, 0.6) is 6.01 Å². The van der Waals surface area contributed by atoms with E-state index in [4.69, 9.17) is 16.4 Å². The first-order chi connectivity index (χ1) is 13.6. The van der Waals surface area contributed by atoms with E-state index < -0.39 is 16.1 Å². The molecule has 11 nitrogen and oxygen atoms in total. The normalized spacial score (nSPS) is 11.7. The Morgan fingerprint density at radius 3 is 2.55 bits per heavy atom. The average Bonchev–Trinajstić information content (AvgIpc) is 2.65. The van der Waals surface area contributed by atoms with Crippen LogP contribution in [0.4, 0.5) is 16.7 Å². The van der Waals surface area contributed by atoms with Gasteiger partial charge in [-0.05, 0) is 25.5 Å². The van der Waals surface area contributed by atoms with Gasteiger partial charge in [0.15, 0.2) is 0 Å². The first kappa shape index (κ1) is 22.3. The molecule has 1 aromatic heterocycles. The Morgan fingerprint density at radius 1 is 1.24 bits per heavy atom. The minimum atomic E-state index is -4.20. The van der Waals surface area contributed by atoms with Crippen molar-refractivity contribution in [3.8, 4) is 6.01 Å². The summed E-state index contributed by atoms with van der Waals surface area (Å²) in [6, 6.07) is 4.47. The predicted octanol–water partition coefficient (Wildman–Crippen LogP) is 2.27. The van der Waals surface area contributed by atoms with Crippen molar-refractivity contribution in [3.05, 3.63) is 29.3 Å². The fraction of sp³-hybridized carbons (Fsp3) is 0.312. The first-order valence-electron chi connectivity index (χ1n) is 8.34. The molecule has 0 fully saturated rings. The molecule has 0 aliphatic heterocycles. The van der Waals surface area contributed by atoms with Crippen LogP contribution in [0.2, 0.25) is 5.02 Å². The number of benzene rings is 1. The second kappa shape index (κ2) is 9.47. The molecule has 1 aromatic carbocycles. The summed E-state index contributed by atoms with van der Waals surface area (Å²) in [5.74, 6) is -0.0569. The summed E-state index contributed by atoms with van der Waals surface area (Å²) in [6.45, 7) is 3.66. The smallest absolute Gasteiger partial charge is 0.347 e. The van der Waals surface area contributed by atoms with Crippen LogP contribution in [0.1, 0.15) is 20.3 Å². The number of nitrogens with one attached hydrogen (secondary N) is 2. The number of carbonyl (C=O) groups is 1. The summed E-state index contributed by atoms with van der Waals surface area (Å²) < 4.78 is 26.5. The van der Waals surface area contributed by atoms with Gasteiger partial charge in [0, 0.05) is 14.1 Å². The van der Waals surface area contributed by atoms with E-state index in [2.05, 4.69) is 25.4 Å². The third-order valence-electron chi connectivity index (χ3n) is 3.38. The molecule has 0 atom stereocenters. The lowest BCUT2D eigenvalue weighted by atomic mass is 10.3. The van der Waals surface area contributed by atoms with E-state index in [1.807, 2.05) is 11.6 Å². The number of amides is 2. The third-order valence-corrected chi connectivity index (χ3v) is 5.21. The van der Waals surface area contributed by atoms with Gasteiger partial charge in [-0.15, -0.1) is 0 Å². The van der Waals surface area contributed by atoms with Crippen molar-refractivity contribution < 1.29 is 18.0 Å². The van der Waals surface area contributed by atoms with E-state index in [0.29, 0.717) is 12.1 Å². The highest BCUT2D eigenvalue weighted by atomic mass is 35.5. The SMILES string of the molecule is CC/C(C)=N\Oc1nc(NC(=O)NS(=O)(=O)c2ccccc2Cl)nc(N(C)C)n1. The van der Waals surface area contributed by atoms with Crippen LogP contribution >= 0.6 is 11.6 Å². The van der Waals surface area contributed by atoms with Crippen molar-refractivity contribution in [2.24, 2.45) is 5.16 Å². The van der Waals surface area contributed by atoms with Gasteiger partial charge in [0.1, 0.15) is 4.90 Å². The number of hydrogen-bond donors (Lipinski definition) is 2. The maximum atomic E-state index is 12.3. The van der Waals surface area contributed by atoms with Crippen molar-refractivity contribution >= 4 is 45.3 Å². The van der Waals surface area contributed by atoms with Gasteiger partial charge in [0.25, 0.3) is 10.0 Å². The zero-order valence-corrected chi connectivity index (χ0v) is 17.7. The highest BCUT2D eigenvalue weighted by Crippen LogP contribution is 2.20. The molecule has 0 bridgehead atoms. The topological polar surface area (TPSA) is 139 Å². The summed E-state index contributed by atoms with van der Waals surface area (Å²) in [5.41, 5.74) is 0.704. The highest BCUT2D eigenvalue weighted by molar-refractivity contribution is 7.90. The molecule has 2 rings (SSSR count). The lowest BCUT2D eigenvalue weighted by molar-refractivity contribution is 0.256. The van der Waals surface area contributed by atoms with Crippen molar-refractivity contribution in [3.63, 3.8) is 0 Å². The number of sulfonamides is 1. The van der Waals surface area contributed by atoms with Gasteiger partial charge < -0.3 is 9.74 Å². The van der Waals surface area contributed by atoms with Gasteiger partial charge in [-0.25, -0.2) is 17.9 Å². The molecule has 0 aliphatic carbocycles. The van der Waals surface area contributed by atoms with E-state index in [1.54, 1.807) is 32.0 Å². The lowest BCUT2D eigenvalue weighted by Gasteiger charge is -2.13. The maximum absolute atomic E-state index is 12.3. The number of urea groups is 1. The molecule has 0 saturated heterocycles. The first-order valence-corrected chi connectivity index (χ1v) is 10.2. The number of anilines is 2. The van der Waals surface area contributed by atoms with Gasteiger partial charge in [-0.2, -0.15) is 15.0 Å². The molecule has 0 aliphatic rings. The zero-order chi connectivity index (χ0) is 21.6. The Bertz CT molecular complexity index is 1030. The number of carbonyl (C=O) groups excluding carboxylic acids is 1. The van der Waals surface area contributed by atoms with Crippen LogP contribution in [-0.4, -0.2) is 49.2 Å². The van der Waals surface area contributed by atoms with Crippen LogP contribution in [0.3, 0.4) is 0 Å². The van der Waals surface area contributed by atoms with Gasteiger partial charge >= 0.3 is 12.0 Å². The molecular formula is C16H20ClN7O4S. The molecule has 156 valence electrons. The third kappa shape index (κ3) is 6.26. The Hall–Kier alpha value is -2.99. The molecule has 2 amide bonds. The monoisotopic (exact) mass is 441 g/mol. The fourth-order valence-electron chi connectivity index (χ4n) is 1.79. The number of hydrogen-bond acceptors (Lipinski definition) is 9. The second-order valence-corrected chi connectivity index (χ2v) is 7.96. The van der Waals surface area contributed by atoms with Crippen LogP contribution < -0.4 is 19.8 Å². The van der Waals surface area contributed by atoms with E-state index in [-0.39, 0.29) is 27.8 Å². The van der Waals surface area contributed by atoms with Crippen molar-refractivity contribution in [2.75, 3.05) is 24.3 Å². The van der Waals surface area contributed by atoms with E-state index >= 15 is 0 Å². The standard InChI is InChI=1S/C16H20ClN7O4S/c1-5-10(2)22-28-16-20-13(18-14(21-16)24(3)4)19-15(25)23-29(26,27)12-9-7-6-8-11(12)17/h6-9H,5H2,1-4H3,(H2,18,19,20,21,23,25)/b22-10-. The zero-order valence-electron chi connectivity index (χ0n) is 16.2. The van der Waals surface area contributed by atoms with Crippen LogP contribution in [0.15, 0.2) is 34.3 Å². The molecule has 2 aromatic rings. The number of oxime groups is 1. The minimum absolute atomic E-state index is 0.0253. The summed E-state index contributed by atoms with van der Waals surface area (Å²) in [4.78, 5) is 30.6. The molecular weight excluding hydrogens is 422 g/mol. The summed E-state index contributed by atoms with van der Waals surface area (Å²) in [7, 11) is -0.856.